The average molecular weight is 224 g/mol. The number of thiocarbonyl (C=S) groups is 1. The van der Waals surface area contributed by atoms with Crippen LogP contribution in [0.1, 0.15) is 13.8 Å². The number of carbonyl (C=O) groups excluding carboxylic acids is 1. The van der Waals surface area contributed by atoms with E-state index in [1.807, 2.05) is 6.07 Å². The summed E-state index contributed by atoms with van der Waals surface area (Å²) in [7, 11) is 0. The number of carbonyl (C=O) groups is 1. The van der Waals surface area contributed by atoms with Crippen LogP contribution in [0.25, 0.3) is 0 Å². The Balaban J connectivity index is 3.31. The number of hydrogen-bond acceptors (Lipinski definition) is 4. The van der Waals surface area contributed by atoms with Crippen LogP contribution in [0.5, 0.6) is 0 Å². The molecule has 0 aromatic carbocycles. The highest BCUT2D eigenvalue weighted by atomic mass is 32.1. The number of amides is 1. The van der Waals surface area contributed by atoms with Crippen LogP contribution in [0.4, 0.5) is 0 Å². The molecule has 1 amide bonds. The molecule has 0 saturated carbocycles. The third-order valence-electron chi connectivity index (χ3n) is 2.68. The zero-order valence-corrected chi connectivity index (χ0v) is 9.34. The molecule has 0 aromatic heterocycles. The van der Waals surface area contributed by atoms with E-state index in [2.05, 4.69) is 4.99 Å². The van der Waals surface area contributed by atoms with Crippen molar-refractivity contribution in [2.45, 2.75) is 13.8 Å². The SMILES string of the molecule is CC1(C)C(C#N)C(N)=NC(=O)C1C(N)=S. The lowest BCUT2D eigenvalue weighted by atomic mass is 9.67. The molecule has 0 fully saturated rings. The van der Waals surface area contributed by atoms with Gasteiger partial charge >= 0.3 is 0 Å². The summed E-state index contributed by atoms with van der Waals surface area (Å²) in [6.45, 7) is 3.48. The second kappa shape index (κ2) is 3.59. The molecule has 0 spiro atoms. The molecule has 4 N–H and O–H groups in total. The summed E-state index contributed by atoms with van der Waals surface area (Å²) in [4.78, 5) is 15.2. The number of hydrogen-bond donors (Lipinski definition) is 2. The van der Waals surface area contributed by atoms with Gasteiger partial charge in [0.25, 0.3) is 5.91 Å². The highest BCUT2D eigenvalue weighted by Gasteiger charge is 2.48. The Kier molecular flexibility index (Phi) is 2.77. The molecule has 0 aliphatic carbocycles. The van der Waals surface area contributed by atoms with Gasteiger partial charge in [0.05, 0.1) is 17.0 Å². The summed E-state index contributed by atoms with van der Waals surface area (Å²) in [6.07, 6.45) is 0. The van der Waals surface area contributed by atoms with Crippen molar-refractivity contribution in [3.63, 3.8) is 0 Å². The molecule has 0 aromatic rings. The number of rotatable bonds is 1. The third-order valence-corrected chi connectivity index (χ3v) is 2.92. The largest absolute Gasteiger partial charge is 0.393 e. The van der Waals surface area contributed by atoms with Crippen molar-refractivity contribution in [1.82, 2.24) is 0 Å². The third kappa shape index (κ3) is 1.70. The van der Waals surface area contributed by atoms with Gasteiger partial charge in [0.2, 0.25) is 0 Å². The van der Waals surface area contributed by atoms with Gasteiger partial charge in [0.15, 0.2) is 0 Å². The fourth-order valence-electron chi connectivity index (χ4n) is 1.84. The topological polar surface area (TPSA) is 105 Å². The van der Waals surface area contributed by atoms with Crippen molar-refractivity contribution < 1.29 is 4.79 Å². The number of nitrogens with zero attached hydrogens (tertiary/aromatic N) is 2. The lowest BCUT2D eigenvalue weighted by Gasteiger charge is -2.37. The molecule has 5 nitrogen and oxygen atoms in total. The lowest BCUT2D eigenvalue weighted by molar-refractivity contribution is -0.123. The summed E-state index contributed by atoms with van der Waals surface area (Å²) in [5, 5.41) is 8.98. The number of aliphatic imine (C=N–C) groups is 1. The monoisotopic (exact) mass is 224 g/mol. The Labute approximate surface area is 93.1 Å². The van der Waals surface area contributed by atoms with E-state index in [0.29, 0.717) is 0 Å². The van der Waals surface area contributed by atoms with Crippen molar-refractivity contribution in [2.75, 3.05) is 0 Å². The van der Waals surface area contributed by atoms with Crippen LogP contribution in [-0.4, -0.2) is 16.7 Å². The highest BCUT2D eigenvalue weighted by molar-refractivity contribution is 7.80. The van der Waals surface area contributed by atoms with E-state index >= 15 is 0 Å². The van der Waals surface area contributed by atoms with E-state index in [4.69, 9.17) is 28.9 Å². The molecule has 6 heteroatoms. The maximum Gasteiger partial charge on any atom is 0.257 e. The first kappa shape index (κ1) is 11.6. The van der Waals surface area contributed by atoms with Gasteiger partial charge in [0.1, 0.15) is 11.8 Å². The standard InChI is InChI=1S/C9H12N4OS/c1-9(2)4(3-10)6(11)13-8(14)5(9)7(12)15/h4-5H,1-2H3,(H2,12,15)(H2,11,13,14). The maximum absolute atomic E-state index is 11.6. The summed E-state index contributed by atoms with van der Waals surface area (Å²) in [5.41, 5.74) is 10.3. The second-order valence-electron chi connectivity index (χ2n) is 4.09. The van der Waals surface area contributed by atoms with E-state index in [1.54, 1.807) is 13.8 Å². The smallest absolute Gasteiger partial charge is 0.257 e. The molecule has 2 unspecified atom stereocenters. The van der Waals surface area contributed by atoms with Gasteiger partial charge in [-0.05, 0) is 0 Å². The fourth-order valence-corrected chi connectivity index (χ4v) is 2.25. The molecular weight excluding hydrogens is 212 g/mol. The Hall–Kier alpha value is -1.48. The minimum absolute atomic E-state index is 0.0417. The lowest BCUT2D eigenvalue weighted by Crippen LogP contribution is -2.51. The maximum atomic E-state index is 11.6. The second-order valence-corrected chi connectivity index (χ2v) is 4.57. The van der Waals surface area contributed by atoms with Crippen molar-refractivity contribution in [1.29, 1.82) is 5.26 Å². The predicted molar refractivity (Wildman–Crippen MR) is 59.8 cm³/mol. The quantitative estimate of drug-likeness (QED) is 0.607. The van der Waals surface area contributed by atoms with Gasteiger partial charge in [0, 0.05) is 5.41 Å². The Morgan fingerprint density at radius 2 is 2.20 bits per heavy atom. The molecule has 0 bridgehead atoms. The van der Waals surface area contributed by atoms with Gasteiger partial charge in [-0.2, -0.15) is 10.3 Å². The van der Waals surface area contributed by atoms with E-state index in [-0.39, 0.29) is 10.8 Å². The van der Waals surface area contributed by atoms with Gasteiger partial charge < -0.3 is 11.5 Å². The minimum atomic E-state index is -0.718. The molecule has 1 rings (SSSR count). The van der Waals surface area contributed by atoms with E-state index in [0.717, 1.165) is 0 Å². The molecule has 1 heterocycles. The molecular formula is C9H12N4OS. The molecule has 1 aliphatic heterocycles. The van der Waals surface area contributed by atoms with Crippen LogP contribution < -0.4 is 11.5 Å². The molecule has 0 saturated heterocycles. The first-order valence-electron chi connectivity index (χ1n) is 4.39. The summed E-state index contributed by atoms with van der Waals surface area (Å²) < 4.78 is 0. The van der Waals surface area contributed by atoms with Gasteiger partial charge in [-0.15, -0.1) is 0 Å². The first-order valence-corrected chi connectivity index (χ1v) is 4.80. The number of amidine groups is 1. The Morgan fingerprint density at radius 1 is 1.67 bits per heavy atom. The van der Waals surface area contributed by atoms with Gasteiger partial charge in [-0.1, -0.05) is 26.1 Å². The van der Waals surface area contributed by atoms with Gasteiger partial charge in [-0.25, -0.2) is 0 Å². The number of nitriles is 1. The summed E-state index contributed by atoms with van der Waals surface area (Å²) in [5.74, 6) is -1.78. The van der Waals surface area contributed by atoms with Crippen LogP contribution in [0.15, 0.2) is 4.99 Å². The summed E-state index contributed by atoms with van der Waals surface area (Å²) >= 11 is 4.82. The van der Waals surface area contributed by atoms with Crippen LogP contribution in [0, 0.1) is 28.6 Å². The zero-order chi connectivity index (χ0) is 11.8. The van der Waals surface area contributed by atoms with Crippen molar-refractivity contribution >= 4 is 28.9 Å². The summed E-state index contributed by atoms with van der Waals surface area (Å²) in [6, 6.07) is 2.03. The van der Waals surface area contributed by atoms with E-state index < -0.39 is 23.2 Å². The minimum Gasteiger partial charge on any atom is -0.393 e. The van der Waals surface area contributed by atoms with Crippen LogP contribution >= 0.6 is 12.2 Å². The first-order chi connectivity index (χ1) is 6.82. The van der Waals surface area contributed by atoms with Crippen molar-refractivity contribution in [3.05, 3.63) is 0 Å². The number of nitrogens with two attached hydrogens (primary N) is 2. The Morgan fingerprint density at radius 3 is 2.60 bits per heavy atom. The van der Waals surface area contributed by atoms with Gasteiger partial charge in [-0.3, -0.25) is 4.79 Å². The van der Waals surface area contributed by atoms with E-state index in [1.165, 1.54) is 0 Å². The normalized spacial score (nSPS) is 29.1. The van der Waals surface area contributed by atoms with Crippen molar-refractivity contribution in [3.8, 4) is 6.07 Å². The van der Waals surface area contributed by atoms with Crippen molar-refractivity contribution in [2.24, 2.45) is 33.7 Å². The molecule has 0 radical (unpaired) electrons. The van der Waals surface area contributed by atoms with Crippen LogP contribution in [-0.2, 0) is 4.79 Å². The molecule has 15 heavy (non-hydrogen) atoms. The zero-order valence-electron chi connectivity index (χ0n) is 8.52. The molecule has 2 atom stereocenters. The highest BCUT2D eigenvalue weighted by Crippen LogP contribution is 2.39. The van der Waals surface area contributed by atoms with E-state index in [9.17, 15) is 4.79 Å². The average Bonchev–Trinajstić information content (AvgIpc) is 2.00. The molecule has 80 valence electrons. The Bertz CT molecular complexity index is 393. The predicted octanol–water partition coefficient (Wildman–Crippen LogP) is -0.0479. The molecule has 1 aliphatic rings. The fraction of sp³-hybridized carbons (Fsp3) is 0.556. The van der Waals surface area contributed by atoms with Crippen LogP contribution in [0.3, 0.4) is 0 Å². The van der Waals surface area contributed by atoms with Crippen LogP contribution in [0.2, 0.25) is 0 Å².